The number of hydrogen-bond donors (Lipinski definition) is 1. The Labute approximate surface area is 127 Å². The topological polar surface area (TPSA) is 15.3 Å². The van der Waals surface area contributed by atoms with E-state index in [9.17, 15) is 0 Å². The number of rotatable bonds is 8. The van der Waals surface area contributed by atoms with Crippen molar-refractivity contribution >= 4 is 0 Å². The molecule has 0 radical (unpaired) electrons. The smallest absolute Gasteiger partial charge is 0.00924 e. The maximum atomic E-state index is 3.67. The van der Waals surface area contributed by atoms with Crippen LogP contribution in [-0.2, 0) is 0 Å². The third kappa shape index (κ3) is 6.58. The molecule has 1 aliphatic rings. The van der Waals surface area contributed by atoms with E-state index in [-0.39, 0.29) is 0 Å². The summed E-state index contributed by atoms with van der Waals surface area (Å²) in [6.45, 7) is 12.9. The van der Waals surface area contributed by atoms with Gasteiger partial charge in [-0.05, 0) is 44.2 Å². The van der Waals surface area contributed by atoms with Crippen LogP contribution in [0.4, 0.5) is 0 Å². The molecule has 0 spiro atoms. The minimum Gasteiger partial charge on any atom is -0.316 e. The van der Waals surface area contributed by atoms with Crippen LogP contribution < -0.4 is 5.32 Å². The molecule has 1 N–H and O–H groups in total. The Morgan fingerprint density at radius 1 is 1.15 bits per heavy atom. The monoisotopic (exact) mass is 282 g/mol. The largest absolute Gasteiger partial charge is 0.316 e. The molecule has 0 aromatic carbocycles. The van der Waals surface area contributed by atoms with Crippen molar-refractivity contribution in [2.45, 2.75) is 78.7 Å². The Bertz CT molecular complexity index is 244. The van der Waals surface area contributed by atoms with Gasteiger partial charge in [-0.1, -0.05) is 53.4 Å². The highest BCUT2D eigenvalue weighted by atomic mass is 15.1. The molecule has 1 saturated carbocycles. The first-order chi connectivity index (χ1) is 9.47. The molecule has 0 aromatic rings. The Balaban J connectivity index is 2.43. The molecule has 0 saturated heterocycles. The average molecular weight is 283 g/mol. The van der Waals surface area contributed by atoms with Gasteiger partial charge in [-0.15, -0.1) is 0 Å². The summed E-state index contributed by atoms with van der Waals surface area (Å²) in [4.78, 5) is 2.66. The van der Waals surface area contributed by atoms with Crippen molar-refractivity contribution in [2.24, 2.45) is 11.3 Å². The van der Waals surface area contributed by atoms with Gasteiger partial charge in [0.2, 0.25) is 0 Å². The highest BCUT2D eigenvalue weighted by molar-refractivity contribution is 4.82. The Morgan fingerprint density at radius 3 is 2.25 bits per heavy atom. The van der Waals surface area contributed by atoms with Crippen LogP contribution in [0.3, 0.4) is 0 Å². The predicted molar refractivity (Wildman–Crippen MR) is 90.2 cm³/mol. The van der Waals surface area contributed by atoms with E-state index in [1.165, 1.54) is 51.5 Å². The molecule has 0 heterocycles. The second kappa shape index (κ2) is 9.04. The van der Waals surface area contributed by atoms with E-state index < -0.39 is 0 Å². The van der Waals surface area contributed by atoms with E-state index in [0.717, 1.165) is 25.0 Å². The first-order valence-corrected chi connectivity index (χ1v) is 8.88. The lowest BCUT2D eigenvalue weighted by atomic mass is 9.86. The van der Waals surface area contributed by atoms with Crippen LogP contribution in [0.2, 0.25) is 0 Å². The first kappa shape index (κ1) is 18.0. The maximum Gasteiger partial charge on any atom is 0.00924 e. The van der Waals surface area contributed by atoms with Gasteiger partial charge >= 0.3 is 0 Å². The molecule has 2 nitrogen and oxygen atoms in total. The van der Waals surface area contributed by atoms with Gasteiger partial charge in [0.15, 0.2) is 0 Å². The molecule has 1 fully saturated rings. The molecule has 1 rings (SSSR count). The van der Waals surface area contributed by atoms with E-state index in [1.807, 2.05) is 0 Å². The van der Waals surface area contributed by atoms with Gasteiger partial charge in [0.1, 0.15) is 0 Å². The Morgan fingerprint density at radius 2 is 1.75 bits per heavy atom. The van der Waals surface area contributed by atoms with Gasteiger partial charge in [-0.2, -0.15) is 0 Å². The fourth-order valence-corrected chi connectivity index (χ4v) is 3.39. The van der Waals surface area contributed by atoms with E-state index >= 15 is 0 Å². The predicted octanol–water partition coefficient (Wildman–Crippen LogP) is 4.30. The van der Waals surface area contributed by atoms with Crippen LogP contribution >= 0.6 is 0 Å². The van der Waals surface area contributed by atoms with Crippen LogP contribution in [0, 0.1) is 11.3 Å². The number of nitrogens with one attached hydrogen (secondary N) is 1. The second-order valence-corrected chi connectivity index (χ2v) is 7.75. The molecule has 0 aliphatic heterocycles. The molecule has 1 unspecified atom stereocenters. The van der Waals surface area contributed by atoms with Crippen molar-refractivity contribution < 1.29 is 0 Å². The zero-order valence-corrected chi connectivity index (χ0v) is 14.7. The minimum atomic E-state index is 0.413. The fraction of sp³-hybridized carbons (Fsp3) is 1.00. The zero-order valence-electron chi connectivity index (χ0n) is 14.7. The fourth-order valence-electron chi connectivity index (χ4n) is 3.39. The van der Waals surface area contributed by atoms with Crippen molar-refractivity contribution in [3.63, 3.8) is 0 Å². The molecule has 120 valence electrons. The second-order valence-electron chi connectivity index (χ2n) is 7.75. The third-order valence-corrected chi connectivity index (χ3v) is 5.04. The first-order valence-electron chi connectivity index (χ1n) is 8.88. The maximum absolute atomic E-state index is 3.67. The zero-order chi connectivity index (χ0) is 15.0. The van der Waals surface area contributed by atoms with Gasteiger partial charge in [-0.3, -0.25) is 0 Å². The lowest BCUT2D eigenvalue weighted by Gasteiger charge is -2.37. The minimum absolute atomic E-state index is 0.413. The molecular weight excluding hydrogens is 244 g/mol. The highest BCUT2D eigenvalue weighted by Crippen LogP contribution is 2.26. The normalized spacial score (nSPS) is 21.1. The summed E-state index contributed by atoms with van der Waals surface area (Å²) in [6, 6.07) is 0.827. The Kier molecular flexibility index (Phi) is 8.13. The van der Waals surface area contributed by atoms with E-state index in [1.54, 1.807) is 0 Å². The average Bonchev–Trinajstić information content (AvgIpc) is 2.67. The van der Waals surface area contributed by atoms with Crippen molar-refractivity contribution in [1.29, 1.82) is 0 Å². The molecule has 20 heavy (non-hydrogen) atoms. The van der Waals surface area contributed by atoms with E-state index in [4.69, 9.17) is 0 Å². The summed E-state index contributed by atoms with van der Waals surface area (Å²) in [5, 5.41) is 3.67. The van der Waals surface area contributed by atoms with Crippen molar-refractivity contribution in [1.82, 2.24) is 10.2 Å². The van der Waals surface area contributed by atoms with Crippen molar-refractivity contribution in [3.05, 3.63) is 0 Å². The summed E-state index contributed by atoms with van der Waals surface area (Å²) < 4.78 is 0. The summed E-state index contributed by atoms with van der Waals surface area (Å²) in [5.41, 5.74) is 0.413. The van der Waals surface area contributed by atoms with Crippen LogP contribution in [0.25, 0.3) is 0 Å². The summed E-state index contributed by atoms with van der Waals surface area (Å²) in [6.07, 6.45) is 9.85. The van der Waals surface area contributed by atoms with Crippen LogP contribution in [-0.4, -0.2) is 37.6 Å². The summed E-state index contributed by atoms with van der Waals surface area (Å²) >= 11 is 0. The molecule has 0 amide bonds. The lowest BCUT2D eigenvalue weighted by Crippen LogP contribution is -2.44. The van der Waals surface area contributed by atoms with Crippen molar-refractivity contribution in [2.75, 3.05) is 26.7 Å². The lowest BCUT2D eigenvalue weighted by molar-refractivity contribution is 0.130. The number of hydrogen-bond acceptors (Lipinski definition) is 2. The highest BCUT2D eigenvalue weighted by Gasteiger charge is 2.27. The van der Waals surface area contributed by atoms with Crippen LogP contribution in [0.15, 0.2) is 0 Å². The molecule has 1 aliphatic carbocycles. The number of nitrogens with zero attached hydrogens (tertiary/aromatic N) is 1. The molecule has 0 bridgehead atoms. The van der Waals surface area contributed by atoms with Crippen LogP contribution in [0.1, 0.15) is 72.6 Å². The summed E-state index contributed by atoms with van der Waals surface area (Å²) in [5.74, 6) is 0.746. The van der Waals surface area contributed by atoms with E-state index in [2.05, 4.69) is 45.0 Å². The standard InChI is InChI=1S/C18H38N2/c1-6-18(4,14-19-13-16(2)3)15-20(5)17-11-9-7-8-10-12-17/h16-17,19H,6-15H2,1-5H3. The molecule has 2 heteroatoms. The van der Waals surface area contributed by atoms with E-state index in [0.29, 0.717) is 5.41 Å². The van der Waals surface area contributed by atoms with Gasteiger partial charge in [0, 0.05) is 19.1 Å². The van der Waals surface area contributed by atoms with Gasteiger partial charge < -0.3 is 10.2 Å². The van der Waals surface area contributed by atoms with Crippen LogP contribution in [0.5, 0.6) is 0 Å². The van der Waals surface area contributed by atoms with Gasteiger partial charge in [0.05, 0.1) is 0 Å². The quantitative estimate of drug-likeness (QED) is 0.668. The molecule has 1 atom stereocenters. The summed E-state index contributed by atoms with van der Waals surface area (Å²) in [7, 11) is 2.35. The molecule has 0 aromatic heterocycles. The molecular formula is C18H38N2. The van der Waals surface area contributed by atoms with Crippen molar-refractivity contribution in [3.8, 4) is 0 Å². The van der Waals surface area contributed by atoms with Gasteiger partial charge in [-0.25, -0.2) is 0 Å². The SMILES string of the molecule is CCC(C)(CNCC(C)C)CN(C)C1CCCCCC1. The van der Waals surface area contributed by atoms with Gasteiger partial charge in [0.25, 0.3) is 0 Å². The third-order valence-electron chi connectivity index (χ3n) is 5.04. The Hall–Kier alpha value is -0.0800.